The smallest absolute Gasteiger partial charge is 0.215 e. The monoisotopic (exact) mass is 379 g/mol. The van der Waals surface area contributed by atoms with Gasteiger partial charge in [-0.3, -0.25) is 14.5 Å². The summed E-state index contributed by atoms with van der Waals surface area (Å²) in [7, 11) is 0. The van der Waals surface area contributed by atoms with Crippen molar-refractivity contribution in [2.24, 2.45) is 0 Å². The van der Waals surface area contributed by atoms with Crippen molar-refractivity contribution in [3.8, 4) is 28.9 Å². The summed E-state index contributed by atoms with van der Waals surface area (Å²) in [5.74, 6) is 1.24. The van der Waals surface area contributed by atoms with Crippen molar-refractivity contribution in [1.82, 2.24) is 44.4 Å². The molecule has 138 valence electrons. The summed E-state index contributed by atoms with van der Waals surface area (Å²) >= 11 is 0. The van der Waals surface area contributed by atoms with Crippen LogP contribution in [0.2, 0.25) is 0 Å². The summed E-state index contributed by atoms with van der Waals surface area (Å²) in [6.07, 6.45) is 10.4. The van der Waals surface area contributed by atoms with Gasteiger partial charge >= 0.3 is 0 Å². The van der Waals surface area contributed by atoms with Crippen molar-refractivity contribution in [2.75, 3.05) is 0 Å². The zero-order valence-corrected chi connectivity index (χ0v) is 15.0. The maximum absolute atomic E-state index is 4.79. The van der Waals surface area contributed by atoms with E-state index in [0.717, 1.165) is 16.6 Å². The topological polar surface area (TPSA) is 114 Å². The molecule has 9 nitrogen and oxygen atoms in total. The second-order valence-corrected chi connectivity index (χ2v) is 6.46. The highest BCUT2D eigenvalue weighted by Crippen LogP contribution is 2.26. The van der Waals surface area contributed by atoms with Crippen LogP contribution >= 0.6 is 0 Å². The van der Waals surface area contributed by atoms with Gasteiger partial charge in [0.15, 0.2) is 11.5 Å². The first kappa shape index (κ1) is 15.6. The second-order valence-electron chi connectivity index (χ2n) is 6.46. The lowest BCUT2D eigenvalue weighted by Crippen LogP contribution is -1.99. The van der Waals surface area contributed by atoms with Crippen molar-refractivity contribution in [1.29, 1.82) is 0 Å². The van der Waals surface area contributed by atoms with Crippen LogP contribution in [0.1, 0.15) is 0 Å². The van der Waals surface area contributed by atoms with E-state index in [1.807, 2.05) is 47.3 Å². The Hall–Kier alpha value is -4.40. The number of H-pyrrole nitrogens is 2. The SMILES string of the molecule is c1cnc2nc(-n3cc(-c4cnccn4)nc3-c3ccc4cc[nH]c4n3)[nH]c2c1. The highest BCUT2D eigenvalue weighted by Gasteiger charge is 2.18. The van der Waals surface area contributed by atoms with Crippen molar-refractivity contribution < 1.29 is 0 Å². The third kappa shape index (κ3) is 2.56. The minimum Gasteiger partial charge on any atom is -0.346 e. The molecule has 0 aliphatic heterocycles. The Morgan fingerprint density at radius 1 is 0.828 bits per heavy atom. The standard InChI is InChI=1S/C20H13N9/c1-2-13-18(23-6-1)28-20(27-13)29-11-16(15-10-21-8-9-22-15)26-19(29)14-4-3-12-5-7-24-17(12)25-14/h1-11H,(H,24,25)(H,23,27,28). The number of hydrogen-bond donors (Lipinski definition) is 2. The first-order valence-corrected chi connectivity index (χ1v) is 8.96. The predicted octanol–water partition coefficient (Wildman–Crippen LogP) is 3.14. The Morgan fingerprint density at radius 2 is 1.83 bits per heavy atom. The number of pyridine rings is 2. The summed E-state index contributed by atoms with van der Waals surface area (Å²) in [6, 6.07) is 9.73. The molecule has 0 saturated heterocycles. The van der Waals surface area contributed by atoms with Gasteiger partial charge in [0, 0.05) is 36.4 Å². The van der Waals surface area contributed by atoms with E-state index in [1.54, 1.807) is 24.8 Å². The number of aromatic nitrogens is 9. The van der Waals surface area contributed by atoms with Gasteiger partial charge in [-0.1, -0.05) is 0 Å². The van der Waals surface area contributed by atoms with Crippen molar-refractivity contribution >= 4 is 22.2 Å². The van der Waals surface area contributed by atoms with Crippen LogP contribution in [0.3, 0.4) is 0 Å². The number of hydrogen-bond acceptors (Lipinski definition) is 6. The van der Waals surface area contributed by atoms with Crippen LogP contribution in [0.15, 0.2) is 67.5 Å². The van der Waals surface area contributed by atoms with E-state index in [-0.39, 0.29) is 0 Å². The third-order valence-electron chi connectivity index (χ3n) is 4.64. The van der Waals surface area contributed by atoms with Gasteiger partial charge < -0.3 is 9.97 Å². The van der Waals surface area contributed by atoms with Crippen LogP contribution in [-0.4, -0.2) is 44.4 Å². The van der Waals surface area contributed by atoms with E-state index in [9.17, 15) is 0 Å². The molecule has 29 heavy (non-hydrogen) atoms. The molecule has 0 bridgehead atoms. The quantitative estimate of drug-likeness (QED) is 0.488. The molecule has 0 unspecified atom stereocenters. The summed E-state index contributed by atoms with van der Waals surface area (Å²) in [5, 5.41) is 1.04. The number of nitrogens with one attached hydrogen (secondary N) is 2. The van der Waals surface area contributed by atoms with Crippen molar-refractivity contribution in [2.45, 2.75) is 0 Å². The van der Waals surface area contributed by atoms with E-state index >= 15 is 0 Å². The van der Waals surface area contributed by atoms with Gasteiger partial charge in [0.2, 0.25) is 5.95 Å². The Balaban J connectivity index is 1.59. The molecule has 6 rings (SSSR count). The van der Waals surface area contributed by atoms with Crippen LogP contribution in [-0.2, 0) is 0 Å². The molecule has 6 heterocycles. The van der Waals surface area contributed by atoms with E-state index in [0.29, 0.717) is 34.5 Å². The fourth-order valence-corrected chi connectivity index (χ4v) is 3.28. The number of rotatable bonds is 3. The summed E-state index contributed by atoms with van der Waals surface area (Å²) in [6.45, 7) is 0. The second kappa shape index (κ2) is 6.06. The average Bonchev–Trinajstić information content (AvgIpc) is 3.50. The van der Waals surface area contributed by atoms with Gasteiger partial charge in [0.05, 0.1) is 11.7 Å². The lowest BCUT2D eigenvalue weighted by molar-refractivity contribution is 0.968. The van der Waals surface area contributed by atoms with Gasteiger partial charge in [0.1, 0.15) is 22.7 Å². The highest BCUT2D eigenvalue weighted by molar-refractivity contribution is 5.78. The molecule has 2 N–H and O–H groups in total. The molecule has 6 aromatic heterocycles. The normalized spacial score (nSPS) is 11.4. The number of fused-ring (bicyclic) bond motifs is 2. The number of nitrogens with zero attached hydrogens (tertiary/aromatic N) is 7. The Kier molecular flexibility index (Phi) is 3.27. The van der Waals surface area contributed by atoms with E-state index in [4.69, 9.17) is 9.97 Å². The van der Waals surface area contributed by atoms with Crippen LogP contribution in [0.4, 0.5) is 0 Å². The fraction of sp³-hybridized carbons (Fsp3) is 0. The minimum atomic E-state index is 0.602. The molecule has 0 saturated carbocycles. The zero-order chi connectivity index (χ0) is 19.2. The van der Waals surface area contributed by atoms with Crippen LogP contribution < -0.4 is 0 Å². The number of aromatic amines is 2. The molecule has 9 heteroatoms. The fourth-order valence-electron chi connectivity index (χ4n) is 3.28. The predicted molar refractivity (Wildman–Crippen MR) is 107 cm³/mol. The molecular weight excluding hydrogens is 366 g/mol. The first-order valence-electron chi connectivity index (χ1n) is 8.96. The van der Waals surface area contributed by atoms with Crippen molar-refractivity contribution in [3.05, 3.63) is 67.5 Å². The molecule has 0 atom stereocenters. The summed E-state index contributed by atoms with van der Waals surface area (Å²) in [4.78, 5) is 33.4. The van der Waals surface area contributed by atoms with E-state index in [1.165, 1.54) is 0 Å². The molecule has 6 aromatic rings. The molecule has 0 aliphatic rings. The maximum Gasteiger partial charge on any atom is 0.215 e. The Morgan fingerprint density at radius 3 is 2.72 bits per heavy atom. The van der Waals surface area contributed by atoms with Gasteiger partial charge in [0.25, 0.3) is 0 Å². The Labute approximate surface area is 163 Å². The first-order chi connectivity index (χ1) is 14.3. The summed E-state index contributed by atoms with van der Waals surface area (Å²) in [5.41, 5.74) is 4.33. The molecular formula is C20H13N9. The molecule has 0 aliphatic carbocycles. The molecule has 0 radical (unpaired) electrons. The Bertz CT molecular complexity index is 1410. The molecule has 0 aromatic carbocycles. The zero-order valence-electron chi connectivity index (χ0n) is 15.0. The van der Waals surface area contributed by atoms with E-state index < -0.39 is 0 Å². The largest absolute Gasteiger partial charge is 0.346 e. The van der Waals surface area contributed by atoms with Gasteiger partial charge in [-0.15, -0.1) is 0 Å². The molecule has 0 fully saturated rings. The van der Waals surface area contributed by atoms with Crippen molar-refractivity contribution in [3.63, 3.8) is 0 Å². The average molecular weight is 379 g/mol. The third-order valence-corrected chi connectivity index (χ3v) is 4.64. The van der Waals surface area contributed by atoms with Gasteiger partial charge in [-0.25, -0.2) is 15.0 Å². The summed E-state index contributed by atoms with van der Waals surface area (Å²) < 4.78 is 1.86. The van der Waals surface area contributed by atoms with Crippen LogP contribution in [0.5, 0.6) is 0 Å². The highest BCUT2D eigenvalue weighted by atomic mass is 15.2. The number of imidazole rings is 2. The lowest BCUT2D eigenvalue weighted by atomic mass is 10.3. The molecule has 0 spiro atoms. The molecule has 0 amide bonds. The van der Waals surface area contributed by atoms with E-state index in [2.05, 4.69) is 29.9 Å². The maximum atomic E-state index is 4.79. The van der Waals surface area contributed by atoms with Gasteiger partial charge in [-0.05, 0) is 30.3 Å². The van der Waals surface area contributed by atoms with Crippen LogP contribution in [0, 0.1) is 0 Å². The lowest BCUT2D eigenvalue weighted by Gasteiger charge is -2.03. The van der Waals surface area contributed by atoms with Crippen LogP contribution in [0.25, 0.3) is 51.1 Å². The van der Waals surface area contributed by atoms with Gasteiger partial charge in [-0.2, -0.15) is 4.98 Å². The minimum absolute atomic E-state index is 0.602.